The fourth-order valence-corrected chi connectivity index (χ4v) is 2.15. The van der Waals surface area contributed by atoms with Gasteiger partial charge in [0.15, 0.2) is 0 Å². The molecule has 0 N–H and O–H groups in total. The van der Waals surface area contributed by atoms with E-state index in [1.807, 2.05) is 18.2 Å². The summed E-state index contributed by atoms with van der Waals surface area (Å²) < 4.78 is 0. The third kappa shape index (κ3) is 2.35. The minimum Gasteiger partial charge on any atom is -0.341 e. The predicted molar refractivity (Wildman–Crippen MR) is 71.8 cm³/mol. The van der Waals surface area contributed by atoms with Crippen molar-refractivity contribution in [3.8, 4) is 0 Å². The monoisotopic (exact) mass is 215 g/mol. The number of hydrogen-bond acceptors (Lipinski definition) is 1. The Morgan fingerprint density at radius 1 is 1.44 bits per heavy atom. The van der Waals surface area contributed by atoms with Crippen LogP contribution in [-0.2, 0) is 0 Å². The van der Waals surface area contributed by atoms with Crippen molar-refractivity contribution in [2.24, 2.45) is 5.92 Å². The van der Waals surface area contributed by atoms with Gasteiger partial charge in [-0.05, 0) is 24.5 Å². The summed E-state index contributed by atoms with van der Waals surface area (Å²) in [7, 11) is 0. The Hall–Kier alpha value is -1.50. The molecule has 0 bridgehead atoms. The molecule has 1 aliphatic heterocycles. The molecule has 0 saturated heterocycles. The first kappa shape index (κ1) is 12.6. The van der Waals surface area contributed by atoms with E-state index < -0.39 is 0 Å². The molecule has 0 aromatic heterocycles. The molecule has 1 heterocycles. The SMILES string of the molecule is C=CC1=CC=CN(C(C(=C)C)C(C)C)C1=C. The molecule has 0 amide bonds. The molecule has 0 radical (unpaired) electrons. The van der Waals surface area contributed by atoms with Gasteiger partial charge in [-0.3, -0.25) is 0 Å². The smallest absolute Gasteiger partial charge is 0.0563 e. The van der Waals surface area contributed by atoms with Crippen LogP contribution in [-0.4, -0.2) is 10.9 Å². The third-order valence-corrected chi connectivity index (χ3v) is 2.82. The first-order valence-corrected chi connectivity index (χ1v) is 5.63. The van der Waals surface area contributed by atoms with Crippen LogP contribution in [0.15, 0.2) is 61.0 Å². The number of nitrogens with zero attached hydrogens (tertiary/aromatic N) is 1. The molecular weight excluding hydrogens is 194 g/mol. The molecule has 1 heteroatoms. The summed E-state index contributed by atoms with van der Waals surface area (Å²) >= 11 is 0. The van der Waals surface area contributed by atoms with E-state index in [9.17, 15) is 0 Å². The minimum atomic E-state index is 0.299. The van der Waals surface area contributed by atoms with Crippen molar-refractivity contribution in [2.45, 2.75) is 26.8 Å². The van der Waals surface area contributed by atoms with Crippen LogP contribution in [0.3, 0.4) is 0 Å². The molecular formula is C15H21N. The minimum absolute atomic E-state index is 0.299. The van der Waals surface area contributed by atoms with Gasteiger partial charge in [0, 0.05) is 11.9 Å². The zero-order chi connectivity index (χ0) is 12.3. The summed E-state index contributed by atoms with van der Waals surface area (Å²) in [5, 5.41) is 0. The lowest BCUT2D eigenvalue weighted by Gasteiger charge is -2.37. The molecule has 0 spiro atoms. The van der Waals surface area contributed by atoms with Gasteiger partial charge in [-0.2, -0.15) is 0 Å². The van der Waals surface area contributed by atoms with E-state index in [1.54, 1.807) is 0 Å². The quantitative estimate of drug-likeness (QED) is 0.640. The maximum Gasteiger partial charge on any atom is 0.0563 e. The van der Waals surface area contributed by atoms with Crippen LogP contribution >= 0.6 is 0 Å². The van der Waals surface area contributed by atoms with Crippen molar-refractivity contribution in [2.75, 3.05) is 0 Å². The van der Waals surface area contributed by atoms with Crippen molar-refractivity contribution in [1.82, 2.24) is 4.90 Å². The molecule has 16 heavy (non-hydrogen) atoms. The third-order valence-electron chi connectivity index (χ3n) is 2.82. The molecule has 0 aromatic carbocycles. The van der Waals surface area contributed by atoms with Crippen LogP contribution in [0.5, 0.6) is 0 Å². The zero-order valence-corrected chi connectivity index (χ0v) is 10.5. The standard InChI is InChI=1S/C15H21N/c1-7-14-9-8-10-16(13(14)6)15(11(2)3)12(4)5/h7-10,12,15H,1-2,6H2,3-5H3. The number of rotatable bonds is 4. The molecule has 1 unspecified atom stereocenters. The molecule has 0 saturated carbocycles. The average molecular weight is 215 g/mol. The zero-order valence-electron chi connectivity index (χ0n) is 10.5. The van der Waals surface area contributed by atoms with Crippen LogP contribution in [0.2, 0.25) is 0 Å². The van der Waals surface area contributed by atoms with Gasteiger partial charge in [-0.25, -0.2) is 0 Å². The van der Waals surface area contributed by atoms with E-state index in [1.165, 1.54) is 0 Å². The van der Waals surface area contributed by atoms with Gasteiger partial charge in [-0.1, -0.05) is 51.3 Å². The van der Waals surface area contributed by atoms with Crippen molar-refractivity contribution in [3.63, 3.8) is 0 Å². The van der Waals surface area contributed by atoms with Gasteiger partial charge in [0.25, 0.3) is 0 Å². The topological polar surface area (TPSA) is 3.24 Å². The maximum absolute atomic E-state index is 4.13. The molecule has 1 nitrogen and oxygen atoms in total. The molecule has 1 aliphatic rings. The lowest BCUT2D eigenvalue weighted by atomic mass is 9.94. The molecule has 0 aliphatic carbocycles. The largest absolute Gasteiger partial charge is 0.341 e. The summed E-state index contributed by atoms with van der Waals surface area (Å²) in [5.74, 6) is 0.503. The Balaban J connectivity index is 3.01. The van der Waals surface area contributed by atoms with E-state index in [0.717, 1.165) is 16.8 Å². The highest BCUT2D eigenvalue weighted by Gasteiger charge is 2.23. The molecule has 0 aromatic rings. The van der Waals surface area contributed by atoms with E-state index >= 15 is 0 Å². The van der Waals surface area contributed by atoms with Gasteiger partial charge in [-0.15, -0.1) is 0 Å². The molecule has 1 rings (SSSR count). The highest BCUT2D eigenvalue weighted by molar-refractivity contribution is 5.43. The Labute approximate surface area is 99.2 Å². The van der Waals surface area contributed by atoms with Crippen LogP contribution in [0.1, 0.15) is 20.8 Å². The van der Waals surface area contributed by atoms with E-state index in [-0.39, 0.29) is 0 Å². The van der Waals surface area contributed by atoms with E-state index in [0.29, 0.717) is 12.0 Å². The second-order valence-corrected chi connectivity index (χ2v) is 4.56. The second-order valence-electron chi connectivity index (χ2n) is 4.56. The Morgan fingerprint density at radius 2 is 2.06 bits per heavy atom. The van der Waals surface area contributed by atoms with E-state index in [4.69, 9.17) is 0 Å². The summed E-state index contributed by atoms with van der Waals surface area (Å²) in [6.07, 6.45) is 7.97. The summed E-state index contributed by atoms with van der Waals surface area (Å²) in [5.41, 5.74) is 3.24. The van der Waals surface area contributed by atoms with Gasteiger partial charge < -0.3 is 4.90 Å². The maximum atomic E-state index is 4.13. The normalized spacial score (nSPS) is 17.4. The summed E-state index contributed by atoms with van der Waals surface area (Å²) in [4.78, 5) is 2.18. The van der Waals surface area contributed by atoms with Crippen LogP contribution in [0.4, 0.5) is 0 Å². The summed E-state index contributed by atoms with van der Waals surface area (Å²) in [6, 6.07) is 0.299. The highest BCUT2D eigenvalue weighted by Crippen LogP contribution is 2.28. The number of allylic oxidation sites excluding steroid dienone is 3. The lowest BCUT2D eigenvalue weighted by Crippen LogP contribution is -2.36. The molecule has 0 fully saturated rings. The first-order valence-electron chi connectivity index (χ1n) is 5.63. The van der Waals surface area contributed by atoms with Crippen molar-refractivity contribution < 1.29 is 0 Å². The van der Waals surface area contributed by atoms with Gasteiger partial charge >= 0.3 is 0 Å². The Morgan fingerprint density at radius 3 is 2.50 bits per heavy atom. The average Bonchev–Trinajstić information content (AvgIpc) is 2.20. The van der Waals surface area contributed by atoms with Gasteiger partial charge in [0.05, 0.1) is 6.04 Å². The Bertz CT molecular complexity index is 369. The molecule has 86 valence electrons. The second kappa shape index (κ2) is 5.02. The van der Waals surface area contributed by atoms with Crippen LogP contribution in [0.25, 0.3) is 0 Å². The van der Waals surface area contributed by atoms with Gasteiger partial charge in [0.2, 0.25) is 0 Å². The van der Waals surface area contributed by atoms with Crippen LogP contribution < -0.4 is 0 Å². The lowest BCUT2D eigenvalue weighted by molar-refractivity contribution is 0.309. The fraction of sp³-hybridized carbons (Fsp3) is 0.333. The van der Waals surface area contributed by atoms with Crippen molar-refractivity contribution in [1.29, 1.82) is 0 Å². The Kier molecular flexibility index (Phi) is 3.94. The fourth-order valence-electron chi connectivity index (χ4n) is 2.15. The van der Waals surface area contributed by atoms with Crippen LogP contribution in [0, 0.1) is 5.92 Å². The van der Waals surface area contributed by atoms with Crippen molar-refractivity contribution in [3.05, 3.63) is 61.0 Å². The molecule has 1 atom stereocenters. The summed E-state index contributed by atoms with van der Waals surface area (Å²) in [6.45, 7) is 18.5. The van der Waals surface area contributed by atoms with Gasteiger partial charge in [0.1, 0.15) is 0 Å². The predicted octanol–water partition coefficient (Wildman–Crippen LogP) is 4.04. The highest BCUT2D eigenvalue weighted by atomic mass is 15.2. The first-order chi connectivity index (χ1) is 7.49. The van der Waals surface area contributed by atoms with E-state index in [2.05, 4.69) is 51.6 Å². The van der Waals surface area contributed by atoms with Crippen molar-refractivity contribution >= 4 is 0 Å². The number of hydrogen-bond donors (Lipinski definition) is 0.